The molecule has 0 aromatic heterocycles. The predicted molar refractivity (Wildman–Crippen MR) is 67.0 cm³/mol. The van der Waals surface area contributed by atoms with Gasteiger partial charge < -0.3 is 5.32 Å². The van der Waals surface area contributed by atoms with Crippen LogP contribution in [0.4, 0.5) is 5.69 Å². The van der Waals surface area contributed by atoms with Crippen LogP contribution in [0.5, 0.6) is 5.75 Å². The van der Waals surface area contributed by atoms with Crippen LogP contribution in [0.3, 0.4) is 0 Å². The number of nitrogens with zero attached hydrogens (tertiary/aromatic N) is 1. The van der Waals surface area contributed by atoms with Crippen LogP contribution in [-0.4, -0.2) is 11.0 Å². The normalized spacial score (nSPS) is 10.4. The fraction of sp³-hybridized carbons (Fsp3) is 0.250. The van der Waals surface area contributed by atoms with Crippen molar-refractivity contribution in [1.29, 1.82) is 0 Å². The highest BCUT2D eigenvalue weighted by Gasteiger charge is 2.10. The summed E-state index contributed by atoms with van der Waals surface area (Å²) >= 11 is 0. The lowest BCUT2D eigenvalue weighted by Gasteiger charge is -2.10. The number of hydrogen-bond acceptors (Lipinski definition) is 4. The van der Waals surface area contributed by atoms with Crippen molar-refractivity contribution in [3.63, 3.8) is 0 Å². The monoisotopic (exact) mass is 250 g/mol. The number of benzene rings is 1. The van der Waals surface area contributed by atoms with Crippen LogP contribution in [0, 0.1) is 24.0 Å². The zero-order valence-electron chi connectivity index (χ0n) is 10.4. The van der Waals surface area contributed by atoms with Gasteiger partial charge in [-0.15, -0.1) is 10.1 Å². The van der Waals surface area contributed by atoms with E-state index < -0.39 is 5.09 Å². The summed E-state index contributed by atoms with van der Waals surface area (Å²) in [5, 5.41) is 12.1. The highest BCUT2D eigenvalue weighted by Crippen LogP contribution is 2.27. The molecule has 0 fully saturated rings. The van der Waals surface area contributed by atoms with Gasteiger partial charge >= 0.3 is 0 Å². The van der Waals surface area contributed by atoms with E-state index in [-0.39, 0.29) is 11.7 Å². The number of nitrogens with one attached hydrogen (secondary N) is 1. The van der Waals surface area contributed by atoms with Gasteiger partial charge in [0.1, 0.15) is 5.75 Å². The first-order valence-corrected chi connectivity index (χ1v) is 5.31. The van der Waals surface area contributed by atoms with Crippen molar-refractivity contribution < 1.29 is 14.7 Å². The fourth-order valence-electron chi connectivity index (χ4n) is 1.58. The number of carbonyl (C=O) groups excluding carboxylic acids is 1. The van der Waals surface area contributed by atoms with Crippen LogP contribution >= 0.6 is 0 Å². The van der Waals surface area contributed by atoms with E-state index in [0.29, 0.717) is 16.8 Å². The van der Waals surface area contributed by atoms with E-state index in [4.69, 9.17) is 0 Å². The molecule has 0 saturated carbocycles. The Morgan fingerprint density at radius 1 is 1.39 bits per heavy atom. The summed E-state index contributed by atoms with van der Waals surface area (Å²) < 4.78 is 0. The summed E-state index contributed by atoms with van der Waals surface area (Å²) in [4.78, 5) is 26.2. The van der Waals surface area contributed by atoms with Crippen molar-refractivity contribution in [2.24, 2.45) is 0 Å². The van der Waals surface area contributed by atoms with Crippen LogP contribution in [0.1, 0.15) is 18.1 Å². The first-order chi connectivity index (χ1) is 8.43. The molecule has 0 unspecified atom stereocenters. The molecule has 0 aliphatic carbocycles. The van der Waals surface area contributed by atoms with Gasteiger partial charge in [0.05, 0.1) is 0 Å². The molecular formula is C12H14N2O4. The zero-order chi connectivity index (χ0) is 13.7. The fourth-order valence-corrected chi connectivity index (χ4v) is 1.58. The number of rotatable bonds is 4. The molecule has 6 heteroatoms. The molecule has 0 heterocycles. The molecule has 0 spiro atoms. The third-order valence-electron chi connectivity index (χ3n) is 2.21. The maximum Gasteiger partial charge on any atom is 0.299 e. The van der Waals surface area contributed by atoms with Crippen molar-refractivity contribution in [2.45, 2.75) is 20.8 Å². The lowest BCUT2D eigenvalue weighted by Crippen LogP contribution is -2.10. The van der Waals surface area contributed by atoms with Gasteiger partial charge in [-0.2, -0.15) is 0 Å². The molecule has 0 aliphatic heterocycles. The molecule has 18 heavy (non-hydrogen) atoms. The first kappa shape index (κ1) is 13.7. The predicted octanol–water partition coefficient (Wildman–Crippen LogP) is 2.39. The highest BCUT2D eigenvalue weighted by molar-refractivity contribution is 5.99. The Morgan fingerprint density at radius 3 is 2.39 bits per heavy atom. The minimum atomic E-state index is -0.854. The van der Waals surface area contributed by atoms with E-state index >= 15 is 0 Å². The molecule has 1 aromatic carbocycles. The molecule has 0 saturated heterocycles. The van der Waals surface area contributed by atoms with E-state index in [1.54, 1.807) is 39.0 Å². The molecule has 6 nitrogen and oxygen atoms in total. The van der Waals surface area contributed by atoms with E-state index in [0.717, 1.165) is 0 Å². The lowest BCUT2D eigenvalue weighted by atomic mass is 10.1. The van der Waals surface area contributed by atoms with Gasteiger partial charge in [-0.1, -0.05) is 6.08 Å². The van der Waals surface area contributed by atoms with Gasteiger partial charge in [-0.3, -0.25) is 9.63 Å². The number of amides is 1. The Balaban J connectivity index is 2.99. The van der Waals surface area contributed by atoms with Crippen molar-refractivity contribution in [3.8, 4) is 5.75 Å². The smallest absolute Gasteiger partial charge is 0.299 e. The minimum absolute atomic E-state index is 0.198. The molecule has 0 radical (unpaired) electrons. The molecule has 1 amide bonds. The van der Waals surface area contributed by atoms with E-state index in [9.17, 15) is 14.9 Å². The summed E-state index contributed by atoms with van der Waals surface area (Å²) in [6.45, 7) is 5.10. The summed E-state index contributed by atoms with van der Waals surface area (Å²) in [6, 6.07) is 3.24. The molecule has 96 valence electrons. The molecular weight excluding hydrogens is 236 g/mol. The Hall–Kier alpha value is -2.37. The molecule has 0 atom stereocenters. The van der Waals surface area contributed by atoms with Gasteiger partial charge in [-0.25, -0.2) is 0 Å². The van der Waals surface area contributed by atoms with E-state index in [2.05, 4.69) is 10.2 Å². The molecule has 1 rings (SSSR count). The maximum atomic E-state index is 11.4. The van der Waals surface area contributed by atoms with Gasteiger partial charge in [0.15, 0.2) is 0 Å². The van der Waals surface area contributed by atoms with Gasteiger partial charge in [0, 0.05) is 5.69 Å². The second-order valence-electron chi connectivity index (χ2n) is 3.74. The number of anilines is 1. The summed E-state index contributed by atoms with van der Waals surface area (Å²) in [5.41, 5.74) is 1.74. The molecule has 0 aliphatic rings. The number of allylic oxidation sites excluding steroid dienone is 1. The Labute approximate surface area is 104 Å². The molecule has 1 aromatic rings. The second kappa shape index (κ2) is 5.81. The standard InChI is InChI=1S/C12H14N2O4/c1-4-5-11(15)13-10-6-8(2)12(9(3)7-10)18-14(16)17/h4-7H,1-3H3,(H,13,15). The number of hydrogen-bond donors (Lipinski definition) is 1. The van der Waals surface area contributed by atoms with Gasteiger partial charge in [0.2, 0.25) is 5.91 Å². The maximum absolute atomic E-state index is 11.4. The van der Waals surface area contributed by atoms with Crippen LogP contribution in [0.15, 0.2) is 24.3 Å². The van der Waals surface area contributed by atoms with Crippen molar-refractivity contribution in [1.82, 2.24) is 0 Å². The average molecular weight is 250 g/mol. The second-order valence-corrected chi connectivity index (χ2v) is 3.74. The zero-order valence-corrected chi connectivity index (χ0v) is 10.4. The van der Waals surface area contributed by atoms with Crippen LogP contribution in [-0.2, 0) is 4.79 Å². The molecule has 0 bridgehead atoms. The van der Waals surface area contributed by atoms with E-state index in [1.807, 2.05) is 0 Å². The third-order valence-corrected chi connectivity index (χ3v) is 2.21. The van der Waals surface area contributed by atoms with Gasteiger partial charge in [-0.05, 0) is 50.1 Å². The number of carbonyl (C=O) groups is 1. The van der Waals surface area contributed by atoms with Crippen LogP contribution in [0.25, 0.3) is 0 Å². The number of aryl methyl sites for hydroxylation is 2. The summed E-state index contributed by atoms with van der Waals surface area (Å²) in [6.07, 6.45) is 3.02. The lowest BCUT2D eigenvalue weighted by molar-refractivity contribution is -0.711. The van der Waals surface area contributed by atoms with Crippen molar-refractivity contribution in [2.75, 3.05) is 5.32 Å². The quantitative estimate of drug-likeness (QED) is 0.505. The third kappa shape index (κ3) is 3.58. The van der Waals surface area contributed by atoms with E-state index in [1.165, 1.54) is 6.08 Å². The van der Waals surface area contributed by atoms with Crippen molar-refractivity contribution >= 4 is 11.6 Å². The average Bonchev–Trinajstić information content (AvgIpc) is 2.23. The van der Waals surface area contributed by atoms with Gasteiger partial charge in [0.25, 0.3) is 5.09 Å². The highest BCUT2D eigenvalue weighted by atomic mass is 17.0. The van der Waals surface area contributed by atoms with Crippen LogP contribution < -0.4 is 10.2 Å². The van der Waals surface area contributed by atoms with Crippen molar-refractivity contribution in [3.05, 3.63) is 45.5 Å². The summed E-state index contributed by atoms with van der Waals surface area (Å²) in [7, 11) is 0. The largest absolute Gasteiger partial charge is 0.323 e. The Bertz CT molecular complexity index is 486. The Morgan fingerprint density at radius 2 is 1.94 bits per heavy atom. The minimum Gasteiger partial charge on any atom is -0.323 e. The first-order valence-electron chi connectivity index (χ1n) is 5.31. The Kier molecular flexibility index (Phi) is 4.42. The van der Waals surface area contributed by atoms with Crippen LogP contribution in [0.2, 0.25) is 0 Å². The summed E-state index contributed by atoms with van der Waals surface area (Å²) in [5.74, 6) is -0.0525. The molecule has 1 N–H and O–H groups in total. The SMILES string of the molecule is CC=CC(=O)Nc1cc(C)c(O[N+](=O)[O-])c(C)c1. The topological polar surface area (TPSA) is 81.5 Å².